The molecular formula is C23H24O3. The number of hydrogen-bond acceptors (Lipinski definition) is 3. The van der Waals surface area contributed by atoms with Crippen molar-refractivity contribution in [1.29, 1.82) is 0 Å². The van der Waals surface area contributed by atoms with Crippen LogP contribution in [0.1, 0.15) is 44.1 Å². The lowest BCUT2D eigenvalue weighted by Crippen LogP contribution is -2.08. The summed E-state index contributed by atoms with van der Waals surface area (Å²) in [6.45, 7) is 0. The fraction of sp³-hybridized carbons (Fsp3) is 0.348. The van der Waals surface area contributed by atoms with Crippen LogP contribution >= 0.6 is 0 Å². The molecule has 1 aliphatic rings. The van der Waals surface area contributed by atoms with Gasteiger partial charge in [0.1, 0.15) is 17.6 Å². The first-order valence-corrected chi connectivity index (χ1v) is 9.56. The second-order valence-electron chi connectivity index (χ2n) is 7.35. The molecule has 2 aromatic carbocycles. The van der Waals surface area contributed by atoms with E-state index in [4.69, 9.17) is 4.42 Å². The Kier molecular flexibility index (Phi) is 4.79. The van der Waals surface area contributed by atoms with E-state index in [1.54, 1.807) is 12.1 Å². The Hall–Kier alpha value is -2.55. The number of fused-ring (bicyclic) bond motifs is 1. The van der Waals surface area contributed by atoms with Crippen molar-refractivity contribution in [1.82, 2.24) is 0 Å². The van der Waals surface area contributed by atoms with E-state index in [-0.39, 0.29) is 11.2 Å². The zero-order valence-electron chi connectivity index (χ0n) is 14.9. The zero-order chi connectivity index (χ0) is 17.9. The minimum atomic E-state index is -0.0421. The van der Waals surface area contributed by atoms with E-state index in [1.807, 2.05) is 30.3 Å². The van der Waals surface area contributed by atoms with Crippen molar-refractivity contribution in [3.63, 3.8) is 0 Å². The SMILES string of the molecule is O=c1c(-c2ccccc2)coc2c(CC3CCCCCC3)c(O)ccc12. The van der Waals surface area contributed by atoms with E-state index >= 15 is 0 Å². The van der Waals surface area contributed by atoms with Gasteiger partial charge < -0.3 is 9.52 Å². The van der Waals surface area contributed by atoms with Crippen LogP contribution in [0.25, 0.3) is 22.1 Å². The summed E-state index contributed by atoms with van der Waals surface area (Å²) < 4.78 is 5.90. The molecule has 1 aromatic heterocycles. The van der Waals surface area contributed by atoms with E-state index in [2.05, 4.69) is 0 Å². The minimum Gasteiger partial charge on any atom is -0.508 e. The second-order valence-corrected chi connectivity index (χ2v) is 7.35. The summed E-state index contributed by atoms with van der Waals surface area (Å²) >= 11 is 0. The number of phenolic OH excluding ortho intramolecular Hbond substituents is 1. The number of aromatic hydroxyl groups is 1. The summed E-state index contributed by atoms with van der Waals surface area (Å²) in [4.78, 5) is 13.0. The average molecular weight is 348 g/mol. The fourth-order valence-corrected chi connectivity index (χ4v) is 4.12. The van der Waals surface area contributed by atoms with Crippen molar-refractivity contribution in [2.24, 2.45) is 5.92 Å². The molecule has 3 aromatic rings. The van der Waals surface area contributed by atoms with Gasteiger partial charge in [0.15, 0.2) is 0 Å². The van der Waals surface area contributed by atoms with Gasteiger partial charge >= 0.3 is 0 Å². The number of rotatable bonds is 3. The first-order chi connectivity index (χ1) is 12.7. The molecule has 0 unspecified atom stereocenters. The zero-order valence-corrected chi connectivity index (χ0v) is 14.9. The fourth-order valence-electron chi connectivity index (χ4n) is 4.12. The summed E-state index contributed by atoms with van der Waals surface area (Å²) in [5, 5.41) is 11.0. The molecule has 0 radical (unpaired) electrons. The van der Waals surface area contributed by atoms with Gasteiger partial charge in [-0.3, -0.25) is 4.79 Å². The predicted octanol–water partition coefficient (Wildman–Crippen LogP) is 5.68. The topological polar surface area (TPSA) is 50.4 Å². The molecular weight excluding hydrogens is 324 g/mol. The molecule has 26 heavy (non-hydrogen) atoms. The van der Waals surface area contributed by atoms with Crippen molar-refractivity contribution in [3.8, 4) is 16.9 Å². The first-order valence-electron chi connectivity index (χ1n) is 9.56. The Labute approximate surface area is 153 Å². The molecule has 0 saturated heterocycles. The molecule has 0 amide bonds. The van der Waals surface area contributed by atoms with Gasteiger partial charge in [0.25, 0.3) is 0 Å². The highest BCUT2D eigenvalue weighted by Crippen LogP contribution is 2.33. The minimum absolute atomic E-state index is 0.0421. The van der Waals surface area contributed by atoms with Gasteiger partial charge in [-0.1, -0.05) is 68.9 Å². The molecule has 4 rings (SSSR count). The largest absolute Gasteiger partial charge is 0.508 e. The summed E-state index contributed by atoms with van der Waals surface area (Å²) in [6.07, 6.45) is 9.77. The van der Waals surface area contributed by atoms with Crippen molar-refractivity contribution in [3.05, 3.63) is 64.5 Å². The lowest BCUT2D eigenvalue weighted by atomic mass is 9.91. The van der Waals surface area contributed by atoms with Crippen molar-refractivity contribution >= 4 is 11.0 Å². The summed E-state index contributed by atoms with van der Waals surface area (Å²) in [7, 11) is 0. The third-order valence-corrected chi connectivity index (χ3v) is 5.57. The molecule has 0 aliphatic heterocycles. The maximum atomic E-state index is 13.0. The maximum Gasteiger partial charge on any atom is 0.200 e. The second kappa shape index (κ2) is 7.36. The first kappa shape index (κ1) is 16.9. The lowest BCUT2D eigenvalue weighted by molar-refractivity contribution is 0.428. The van der Waals surface area contributed by atoms with Crippen LogP contribution in [0.5, 0.6) is 5.75 Å². The Morgan fingerprint density at radius 3 is 2.42 bits per heavy atom. The van der Waals surface area contributed by atoms with Gasteiger partial charge in [0.2, 0.25) is 5.43 Å². The Balaban J connectivity index is 1.78. The van der Waals surface area contributed by atoms with Crippen LogP contribution in [0, 0.1) is 5.92 Å². The summed E-state index contributed by atoms with van der Waals surface area (Å²) in [6, 6.07) is 12.9. The van der Waals surface area contributed by atoms with E-state index in [0.717, 1.165) is 17.5 Å². The molecule has 1 N–H and O–H groups in total. The van der Waals surface area contributed by atoms with Crippen LogP contribution in [-0.2, 0) is 6.42 Å². The Morgan fingerprint density at radius 2 is 1.69 bits per heavy atom. The third kappa shape index (κ3) is 3.26. The quantitative estimate of drug-likeness (QED) is 0.620. The van der Waals surface area contributed by atoms with Crippen LogP contribution < -0.4 is 5.43 Å². The summed E-state index contributed by atoms with van der Waals surface area (Å²) in [5.74, 6) is 0.783. The lowest BCUT2D eigenvalue weighted by Gasteiger charge is -2.16. The van der Waals surface area contributed by atoms with Gasteiger partial charge in [-0.25, -0.2) is 0 Å². The molecule has 3 heteroatoms. The van der Waals surface area contributed by atoms with Crippen LogP contribution in [0.3, 0.4) is 0 Å². The highest BCUT2D eigenvalue weighted by molar-refractivity contribution is 5.85. The van der Waals surface area contributed by atoms with Gasteiger partial charge in [-0.15, -0.1) is 0 Å². The standard InChI is InChI=1S/C23H24O3/c24-21-13-12-18-22(25)20(17-10-6-3-7-11-17)15-26-23(18)19(21)14-16-8-4-1-2-5-9-16/h3,6-7,10-13,15-16,24H,1-2,4-5,8-9,14H2. The molecule has 0 bridgehead atoms. The van der Waals surface area contributed by atoms with Crippen LogP contribution in [0.4, 0.5) is 0 Å². The smallest absolute Gasteiger partial charge is 0.200 e. The van der Waals surface area contributed by atoms with E-state index in [0.29, 0.717) is 22.5 Å². The van der Waals surface area contributed by atoms with E-state index < -0.39 is 0 Å². The van der Waals surface area contributed by atoms with Crippen molar-refractivity contribution in [2.75, 3.05) is 0 Å². The van der Waals surface area contributed by atoms with Crippen molar-refractivity contribution in [2.45, 2.75) is 44.9 Å². The van der Waals surface area contributed by atoms with Crippen LogP contribution in [-0.4, -0.2) is 5.11 Å². The van der Waals surface area contributed by atoms with E-state index in [1.165, 1.54) is 44.8 Å². The van der Waals surface area contributed by atoms with Crippen molar-refractivity contribution < 1.29 is 9.52 Å². The summed E-state index contributed by atoms with van der Waals surface area (Å²) in [5.41, 5.74) is 2.69. The highest BCUT2D eigenvalue weighted by atomic mass is 16.3. The molecule has 3 nitrogen and oxygen atoms in total. The number of benzene rings is 2. The Morgan fingerprint density at radius 1 is 0.962 bits per heavy atom. The highest BCUT2D eigenvalue weighted by Gasteiger charge is 2.19. The molecule has 1 aliphatic carbocycles. The molecule has 0 atom stereocenters. The van der Waals surface area contributed by atoms with Crippen LogP contribution in [0.15, 0.2) is 57.9 Å². The molecule has 1 heterocycles. The Bertz CT molecular complexity index is 948. The van der Waals surface area contributed by atoms with Gasteiger partial charge in [-0.05, 0) is 30.0 Å². The van der Waals surface area contributed by atoms with Gasteiger partial charge in [0.05, 0.1) is 10.9 Å². The van der Waals surface area contributed by atoms with Gasteiger partial charge in [-0.2, -0.15) is 0 Å². The maximum absolute atomic E-state index is 13.0. The third-order valence-electron chi connectivity index (χ3n) is 5.57. The molecule has 1 fully saturated rings. The molecule has 1 saturated carbocycles. The molecule has 0 spiro atoms. The number of hydrogen-bond donors (Lipinski definition) is 1. The van der Waals surface area contributed by atoms with E-state index in [9.17, 15) is 9.90 Å². The van der Waals surface area contributed by atoms with Crippen LogP contribution in [0.2, 0.25) is 0 Å². The normalized spacial score (nSPS) is 15.8. The monoisotopic (exact) mass is 348 g/mol. The average Bonchev–Trinajstić information content (AvgIpc) is 2.94. The van der Waals surface area contributed by atoms with Gasteiger partial charge in [0, 0.05) is 5.56 Å². The number of phenols is 1. The predicted molar refractivity (Wildman–Crippen MR) is 104 cm³/mol. The molecule has 134 valence electrons.